The first kappa shape index (κ1) is 12.2. The van der Waals surface area contributed by atoms with Gasteiger partial charge in [-0.15, -0.1) is 0 Å². The Morgan fingerprint density at radius 1 is 1.39 bits per heavy atom. The Kier molecular flexibility index (Phi) is 3.33. The van der Waals surface area contributed by atoms with Gasteiger partial charge in [0.1, 0.15) is 6.07 Å². The second-order valence-electron chi connectivity index (χ2n) is 4.43. The van der Waals surface area contributed by atoms with Crippen LogP contribution in [0.3, 0.4) is 0 Å². The summed E-state index contributed by atoms with van der Waals surface area (Å²) in [5.41, 5.74) is 4.79. The van der Waals surface area contributed by atoms with Crippen LogP contribution in [-0.4, -0.2) is 9.78 Å². The van der Waals surface area contributed by atoms with E-state index in [1.54, 1.807) is 4.68 Å². The zero-order valence-corrected chi connectivity index (χ0v) is 10.9. The molecule has 2 rings (SSSR count). The second kappa shape index (κ2) is 4.92. The molecule has 0 bridgehead atoms. The van der Waals surface area contributed by atoms with Gasteiger partial charge in [-0.2, -0.15) is 10.4 Å². The molecule has 0 atom stereocenters. The lowest BCUT2D eigenvalue weighted by Crippen LogP contribution is -2.02. The van der Waals surface area contributed by atoms with Gasteiger partial charge in [-0.05, 0) is 31.5 Å². The lowest BCUT2D eigenvalue weighted by atomic mass is 10.1. The van der Waals surface area contributed by atoms with Crippen molar-refractivity contribution in [3.63, 3.8) is 0 Å². The Balaban J connectivity index is 2.16. The highest BCUT2D eigenvalue weighted by atomic mass is 15.2. The summed E-state index contributed by atoms with van der Waals surface area (Å²) in [4.78, 5) is 0. The summed E-state index contributed by atoms with van der Waals surface area (Å²) in [5, 5.41) is 16.7. The number of nitrogens with one attached hydrogen (secondary N) is 1. The van der Waals surface area contributed by atoms with Gasteiger partial charge in [0.25, 0.3) is 0 Å². The van der Waals surface area contributed by atoms with Gasteiger partial charge in [-0.3, -0.25) is 4.68 Å². The average molecular weight is 240 g/mol. The van der Waals surface area contributed by atoms with Crippen LogP contribution in [-0.2, 0) is 13.6 Å². The highest BCUT2D eigenvalue weighted by Crippen LogP contribution is 2.17. The van der Waals surface area contributed by atoms with Gasteiger partial charge in [-0.25, -0.2) is 0 Å². The van der Waals surface area contributed by atoms with E-state index in [1.807, 2.05) is 45.3 Å². The van der Waals surface area contributed by atoms with Crippen LogP contribution in [0.1, 0.15) is 22.4 Å². The SMILES string of the molecule is Cc1ccc(NCc2cn(C)nc2C)c(C#N)c1. The topological polar surface area (TPSA) is 53.6 Å². The predicted molar refractivity (Wildman–Crippen MR) is 71.2 cm³/mol. The van der Waals surface area contributed by atoms with Gasteiger partial charge in [0.2, 0.25) is 0 Å². The van der Waals surface area contributed by atoms with E-state index < -0.39 is 0 Å². The van der Waals surface area contributed by atoms with Crippen LogP contribution >= 0.6 is 0 Å². The molecular formula is C14H16N4. The van der Waals surface area contributed by atoms with E-state index in [4.69, 9.17) is 5.26 Å². The van der Waals surface area contributed by atoms with E-state index in [9.17, 15) is 0 Å². The lowest BCUT2D eigenvalue weighted by Gasteiger charge is -2.08. The average Bonchev–Trinajstić information content (AvgIpc) is 2.66. The molecule has 0 aliphatic carbocycles. The van der Waals surface area contributed by atoms with Crippen molar-refractivity contribution >= 4 is 5.69 Å². The van der Waals surface area contributed by atoms with Crippen LogP contribution in [0, 0.1) is 25.2 Å². The van der Waals surface area contributed by atoms with E-state index in [-0.39, 0.29) is 0 Å². The third kappa shape index (κ3) is 2.51. The third-order valence-corrected chi connectivity index (χ3v) is 2.88. The summed E-state index contributed by atoms with van der Waals surface area (Å²) >= 11 is 0. The van der Waals surface area contributed by atoms with Gasteiger partial charge in [0, 0.05) is 25.4 Å². The van der Waals surface area contributed by atoms with Crippen molar-refractivity contribution in [3.05, 3.63) is 46.8 Å². The van der Waals surface area contributed by atoms with Crippen molar-refractivity contribution in [2.45, 2.75) is 20.4 Å². The Morgan fingerprint density at radius 2 is 2.17 bits per heavy atom. The molecule has 1 heterocycles. The Morgan fingerprint density at radius 3 is 2.78 bits per heavy atom. The number of hydrogen-bond donors (Lipinski definition) is 1. The normalized spacial score (nSPS) is 10.1. The van der Waals surface area contributed by atoms with Gasteiger partial charge < -0.3 is 5.32 Å². The van der Waals surface area contributed by atoms with Crippen molar-refractivity contribution in [2.75, 3.05) is 5.32 Å². The summed E-state index contributed by atoms with van der Waals surface area (Å²) in [7, 11) is 1.91. The predicted octanol–water partition coefficient (Wildman–Crippen LogP) is 2.52. The van der Waals surface area contributed by atoms with Crippen LogP contribution in [0.15, 0.2) is 24.4 Å². The molecule has 1 aromatic heterocycles. The molecule has 1 aromatic carbocycles. The van der Waals surface area contributed by atoms with E-state index in [0.29, 0.717) is 12.1 Å². The number of aromatic nitrogens is 2. The molecule has 0 aliphatic rings. The monoisotopic (exact) mass is 240 g/mol. The summed E-state index contributed by atoms with van der Waals surface area (Å²) in [6.07, 6.45) is 1.99. The fourth-order valence-corrected chi connectivity index (χ4v) is 1.92. The quantitative estimate of drug-likeness (QED) is 0.896. The van der Waals surface area contributed by atoms with Gasteiger partial charge in [-0.1, -0.05) is 6.07 Å². The molecule has 0 amide bonds. The first-order chi connectivity index (χ1) is 8.60. The largest absolute Gasteiger partial charge is 0.380 e. The molecule has 0 aliphatic heterocycles. The highest BCUT2D eigenvalue weighted by Gasteiger charge is 2.05. The minimum Gasteiger partial charge on any atom is -0.380 e. The molecule has 1 N–H and O–H groups in total. The summed E-state index contributed by atoms with van der Waals surface area (Å²) in [6.45, 7) is 4.64. The van der Waals surface area contributed by atoms with Crippen LogP contribution in [0.5, 0.6) is 0 Å². The van der Waals surface area contributed by atoms with Gasteiger partial charge in [0.15, 0.2) is 0 Å². The number of hydrogen-bond acceptors (Lipinski definition) is 3. The van der Waals surface area contributed by atoms with Crippen molar-refractivity contribution in [1.82, 2.24) is 9.78 Å². The number of nitriles is 1. The molecule has 4 heteroatoms. The molecule has 0 saturated heterocycles. The maximum Gasteiger partial charge on any atom is 0.101 e. The zero-order valence-electron chi connectivity index (χ0n) is 10.9. The number of rotatable bonds is 3. The molecule has 0 radical (unpaired) electrons. The molecule has 4 nitrogen and oxygen atoms in total. The molecule has 18 heavy (non-hydrogen) atoms. The van der Waals surface area contributed by atoms with E-state index in [1.165, 1.54) is 0 Å². The number of benzene rings is 1. The number of aryl methyl sites for hydroxylation is 3. The maximum absolute atomic E-state index is 9.09. The van der Waals surface area contributed by atoms with Crippen molar-refractivity contribution in [1.29, 1.82) is 5.26 Å². The fraction of sp³-hybridized carbons (Fsp3) is 0.286. The maximum atomic E-state index is 9.09. The molecule has 0 fully saturated rings. The molecule has 92 valence electrons. The number of anilines is 1. The summed E-state index contributed by atoms with van der Waals surface area (Å²) < 4.78 is 1.80. The van der Waals surface area contributed by atoms with Crippen LogP contribution < -0.4 is 5.32 Å². The van der Waals surface area contributed by atoms with Gasteiger partial charge >= 0.3 is 0 Å². The smallest absolute Gasteiger partial charge is 0.101 e. The Labute approximate surface area is 107 Å². The Hall–Kier alpha value is -2.28. The third-order valence-electron chi connectivity index (χ3n) is 2.88. The van der Waals surface area contributed by atoms with Crippen LogP contribution in [0.4, 0.5) is 5.69 Å². The van der Waals surface area contributed by atoms with E-state index in [2.05, 4.69) is 16.5 Å². The number of nitrogens with zero attached hydrogens (tertiary/aromatic N) is 3. The highest BCUT2D eigenvalue weighted by molar-refractivity contribution is 5.58. The zero-order chi connectivity index (χ0) is 13.1. The lowest BCUT2D eigenvalue weighted by molar-refractivity contribution is 0.756. The van der Waals surface area contributed by atoms with E-state index >= 15 is 0 Å². The molecular weight excluding hydrogens is 224 g/mol. The first-order valence-corrected chi connectivity index (χ1v) is 5.84. The first-order valence-electron chi connectivity index (χ1n) is 5.84. The summed E-state index contributed by atoms with van der Waals surface area (Å²) in [5.74, 6) is 0. The van der Waals surface area contributed by atoms with Crippen molar-refractivity contribution in [2.24, 2.45) is 7.05 Å². The standard InChI is InChI=1S/C14H16N4/c1-10-4-5-14(12(6-10)7-15)16-8-13-9-18(3)17-11(13)2/h4-6,9,16H,8H2,1-3H3. The fourth-order valence-electron chi connectivity index (χ4n) is 1.92. The van der Waals surface area contributed by atoms with Gasteiger partial charge in [0.05, 0.1) is 16.9 Å². The molecule has 0 unspecified atom stereocenters. The second-order valence-corrected chi connectivity index (χ2v) is 4.43. The Bertz CT molecular complexity index is 605. The van der Waals surface area contributed by atoms with Crippen LogP contribution in [0.2, 0.25) is 0 Å². The van der Waals surface area contributed by atoms with E-state index in [0.717, 1.165) is 22.5 Å². The molecule has 0 spiro atoms. The minimum atomic E-state index is 0.677. The van der Waals surface area contributed by atoms with Crippen molar-refractivity contribution < 1.29 is 0 Å². The van der Waals surface area contributed by atoms with Crippen molar-refractivity contribution in [3.8, 4) is 6.07 Å². The van der Waals surface area contributed by atoms with Crippen LogP contribution in [0.25, 0.3) is 0 Å². The molecule has 0 saturated carbocycles. The minimum absolute atomic E-state index is 0.677. The molecule has 2 aromatic rings. The summed E-state index contributed by atoms with van der Waals surface area (Å²) in [6, 6.07) is 8.04.